The van der Waals surface area contributed by atoms with E-state index in [9.17, 15) is 9.59 Å². The fourth-order valence-corrected chi connectivity index (χ4v) is 5.23. The molecule has 0 aromatic heterocycles. The van der Waals surface area contributed by atoms with Gasteiger partial charge in [-0.15, -0.1) is 0 Å². The van der Waals surface area contributed by atoms with Crippen LogP contribution in [0.4, 0.5) is 11.4 Å². The molecule has 3 aromatic rings. The number of amides is 1. The zero-order chi connectivity index (χ0) is 23.1. The molecule has 1 unspecified atom stereocenters. The maximum atomic E-state index is 13.7. The Morgan fingerprint density at radius 2 is 1.68 bits per heavy atom. The molecule has 6 rings (SSSR count). The van der Waals surface area contributed by atoms with Crippen LogP contribution in [0.3, 0.4) is 0 Å². The zero-order valence-corrected chi connectivity index (χ0v) is 18.7. The third-order valence-corrected chi connectivity index (χ3v) is 6.81. The van der Waals surface area contributed by atoms with Gasteiger partial charge in [-0.3, -0.25) is 4.79 Å². The van der Waals surface area contributed by atoms with Crippen LogP contribution in [0, 0.1) is 0 Å². The number of rotatable bonds is 4. The van der Waals surface area contributed by atoms with E-state index in [2.05, 4.69) is 11.0 Å². The van der Waals surface area contributed by atoms with E-state index in [-0.39, 0.29) is 11.9 Å². The number of ether oxygens (including phenoxy) is 1. The molecule has 3 aliphatic rings. The van der Waals surface area contributed by atoms with Crippen molar-refractivity contribution in [1.29, 1.82) is 0 Å². The molecule has 0 saturated carbocycles. The topological polar surface area (TPSA) is 49.9 Å². The molecular weight excluding hydrogens is 424 g/mol. The molecule has 1 fully saturated rings. The van der Waals surface area contributed by atoms with Crippen molar-refractivity contribution in [3.63, 3.8) is 0 Å². The minimum Gasteiger partial charge on any atom is -0.431 e. The Morgan fingerprint density at radius 1 is 0.941 bits per heavy atom. The van der Waals surface area contributed by atoms with E-state index < -0.39 is 5.97 Å². The van der Waals surface area contributed by atoms with Crippen molar-refractivity contribution in [2.45, 2.75) is 25.4 Å². The van der Waals surface area contributed by atoms with Gasteiger partial charge in [0.05, 0.1) is 29.4 Å². The lowest BCUT2D eigenvalue weighted by Crippen LogP contribution is -2.31. The van der Waals surface area contributed by atoms with Gasteiger partial charge in [0.1, 0.15) is 6.26 Å². The quantitative estimate of drug-likeness (QED) is 0.399. The Morgan fingerprint density at radius 3 is 2.47 bits per heavy atom. The van der Waals surface area contributed by atoms with E-state index in [1.807, 2.05) is 71.6 Å². The second-order valence-corrected chi connectivity index (χ2v) is 8.85. The Labute approximate surface area is 198 Å². The molecule has 168 valence electrons. The fraction of sp³-hybridized carbons (Fsp3) is 0.172. The number of hydrogen-bond donors (Lipinski definition) is 0. The number of anilines is 2. The van der Waals surface area contributed by atoms with Crippen LogP contribution >= 0.6 is 0 Å². The van der Waals surface area contributed by atoms with E-state index >= 15 is 0 Å². The molecule has 1 atom stereocenters. The third kappa shape index (κ3) is 3.41. The summed E-state index contributed by atoms with van der Waals surface area (Å²) in [6.45, 7) is 1.41. The van der Waals surface area contributed by atoms with Crippen LogP contribution in [-0.2, 0) is 16.1 Å². The number of carbonyl (C=O) groups is 2. The molecule has 5 nitrogen and oxygen atoms in total. The molecule has 5 heteroatoms. The fourth-order valence-electron chi connectivity index (χ4n) is 5.23. The molecular formula is C29H24N2O3. The maximum absolute atomic E-state index is 13.7. The molecule has 0 aliphatic carbocycles. The van der Waals surface area contributed by atoms with Crippen LogP contribution < -0.4 is 9.80 Å². The van der Waals surface area contributed by atoms with Gasteiger partial charge in [0.25, 0.3) is 5.91 Å². The highest BCUT2D eigenvalue weighted by Crippen LogP contribution is 2.48. The molecule has 0 bridgehead atoms. The second-order valence-electron chi connectivity index (χ2n) is 8.85. The SMILES string of the molecule is O=C(O/C=C1\C=C2C(=O)N(Cc3ccccc3)c3cccc(c32)N2CCCC12)c1ccccc1. The van der Waals surface area contributed by atoms with Gasteiger partial charge in [-0.25, -0.2) is 4.79 Å². The first-order valence-corrected chi connectivity index (χ1v) is 11.6. The standard InChI is InChI=1S/C29H24N2O3/c32-28-23-17-22(19-34-29(33)21-11-5-2-6-12-21)24-15-8-16-30(24)25-13-7-14-26(27(23)25)31(28)18-20-9-3-1-4-10-20/h1-7,9-14,17,19,24H,8,15-16,18H2/b22-19+. The molecule has 1 saturated heterocycles. The first kappa shape index (κ1) is 20.5. The lowest BCUT2D eigenvalue weighted by atomic mass is 10.0. The summed E-state index contributed by atoms with van der Waals surface area (Å²) in [5.41, 5.74) is 6.09. The highest BCUT2D eigenvalue weighted by Gasteiger charge is 2.41. The van der Waals surface area contributed by atoms with Gasteiger partial charge >= 0.3 is 5.97 Å². The average molecular weight is 449 g/mol. The predicted molar refractivity (Wildman–Crippen MR) is 132 cm³/mol. The van der Waals surface area contributed by atoms with Gasteiger partial charge in [-0.2, -0.15) is 0 Å². The van der Waals surface area contributed by atoms with Crippen molar-refractivity contribution in [1.82, 2.24) is 0 Å². The number of benzene rings is 3. The third-order valence-electron chi connectivity index (χ3n) is 6.81. The zero-order valence-electron chi connectivity index (χ0n) is 18.7. The molecule has 3 heterocycles. The predicted octanol–water partition coefficient (Wildman–Crippen LogP) is 5.34. The summed E-state index contributed by atoms with van der Waals surface area (Å²) >= 11 is 0. The summed E-state index contributed by atoms with van der Waals surface area (Å²) < 4.78 is 5.60. The van der Waals surface area contributed by atoms with Crippen LogP contribution in [0.1, 0.15) is 34.3 Å². The highest BCUT2D eigenvalue weighted by molar-refractivity contribution is 6.34. The first-order valence-electron chi connectivity index (χ1n) is 11.6. The molecule has 3 aliphatic heterocycles. The Balaban J connectivity index is 1.40. The van der Waals surface area contributed by atoms with Gasteiger partial charge in [-0.1, -0.05) is 54.6 Å². The molecule has 3 aromatic carbocycles. The number of carbonyl (C=O) groups excluding carboxylic acids is 2. The normalized spacial score (nSPS) is 19.5. The summed E-state index contributed by atoms with van der Waals surface area (Å²) in [4.78, 5) is 30.5. The Kier molecular flexibility index (Phi) is 5.02. The van der Waals surface area contributed by atoms with E-state index in [0.717, 1.165) is 47.5 Å². The van der Waals surface area contributed by atoms with E-state index in [4.69, 9.17) is 4.74 Å². The summed E-state index contributed by atoms with van der Waals surface area (Å²) in [5, 5.41) is 0. The van der Waals surface area contributed by atoms with E-state index in [1.54, 1.807) is 18.4 Å². The van der Waals surface area contributed by atoms with E-state index in [1.165, 1.54) is 0 Å². The molecule has 0 radical (unpaired) electrons. The molecule has 0 N–H and O–H groups in total. The minimum absolute atomic E-state index is 0.0206. The van der Waals surface area contributed by atoms with Crippen LogP contribution in [0.2, 0.25) is 0 Å². The first-order chi connectivity index (χ1) is 16.7. The van der Waals surface area contributed by atoms with Crippen LogP contribution in [0.25, 0.3) is 5.57 Å². The van der Waals surface area contributed by atoms with Crippen LogP contribution in [-0.4, -0.2) is 24.5 Å². The number of fused-ring (bicyclic) bond motifs is 2. The second kappa shape index (κ2) is 8.34. The lowest BCUT2D eigenvalue weighted by Gasteiger charge is -2.28. The monoisotopic (exact) mass is 448 g/mol. The Hall–Kier alpha value is -4.12. The summed E-state index contributed by atoms with van der Waals surface area (Å²) in [6, 6.07) is 25.2. The van der Waals surface area contributed by atoms with Crippen LogP contribution in [0.5, 0.6) is 0 Å². The van der Waals surface area contributed by atoms with Gasteiger partial charge in [0.2, 0.25) is 0 Å². The lowest BCUT2D eigenvalue weighted by molar-refractivity contribution is -0.113. The maximum Gasteiger partial charge on any atom is 0.342 e. The van der Waals surface area contributed by atoms with Gasteiger partial charge in [-0.05, 0) is 48.7 Å². The van der Waals surface area contributed by atoms with Gasteiger partial charge in [0, 0.05) is 23.4 Å². The van der Waals surface area contributed by atoms with Crippen molar-refractivity contribution >= 4 is 28.8 Å². The van der Waals surface area contributed by atoms with Crippen molar-refractivity contribution in [3.8, 4) is 0 Å². The summed E-state index contributed by atoms with van der Waals surface area (Å²) in [7, 11) is 0. The van der Waals surface area contributed by atoms with Gasteiger partial charge in [0.15, 0.2) is 0 Å². The minimum atomic E-state index is -0.401. The number of nitrogens with zero attached hydrogens (tertiary/aromatic N) is 2. The van der Waals surface area contributed by atoms with Crippen molar-refractivity contribution in [2.24, 2.45) is 0 Å². The largest absolute Gasteiger partial charge is 0.431 e. The number of hydrogen-bond acceptors (Lipinski definition) is 4. The average Bonchev–Trinajstić information content (AvgIpc) is 3.43. The van der Waals surface area contributed by atoms with Crippen molar-refractivity contribution < 1.29 is 14.3 Å². The summed E-state index contributed by atoms with van der Waals surface area (Å²) in [6.07, 6.45) is 5.47. The molecule has 1 amide bonds. The van der Waals surface area contributed by atoms with Crippen molar-refractivity contribution in [2.75, 3.05) is 16.3 Å². The van der Waals surface area contributed by atoms with Gasteiger partial charge < -0.3 is 14.5 Å². The highest BCUT2D eigenvalue weighted by atomic mass is 16.5. The number of esters is 1. The summed E-state index contributed by atoms with van der Waals surface area (Å²) in [5.74, 6) is -0.422. The molecule has 0 spiro atoms. The van der Waals surface area contributed by atoms with Crippen LogP contribution in [0.15, 0.2) is 96.8 Å². The van der Waals surface area contributed by atoms with Crippen molar-refractivity contribution in [3.05, 3.63) is 113 Å². The molecule has 34 heavy (non-hydrogen) atoms. The smallest absolute Gasteiger partial charge is 0.342 e. The van der Waals surface area contributed by atoms with E-state index in [0.29, 0.717) is 17.7 Å². The Bertz CT molecular complexity index is 1330.